The highest BCUT2D eigenvalue weighted by Gasteiger charge is 2.50. The second-order valence-corrected chi connectivity index (χ2v) is 35.0. The molecule has 674 valence electrons. The molecule has 17 aromatic carbocycles. The third-order valence-corrected chi connectivity index (χ3v) is 27.3. The Labute approximate surface area is 796 Å². The minimum atomic E-state index is -5.10. The van der Waals surface area contributed by atoms with E-state index in [9.17, 15) is 31.6 Å². The lowest BCUT2D eigenvalue weighted by atomic mass is 9.73. The zero-order chi connectivity index (χ0) is 97.6. The molecule has 2 unspecified atom stereocenters. The van der Waals surface area contributed by atoms with Gasteiger partial charge in [0.1, 0.15) is 0 Å². The quantitative estimate of drug-likeness (QED) is 0.104. The molecular weight excluding hydrogens is 1800 g/mol. The first kappa shape index (κ1) is 87.8. The molecule has 2 aliphatic rings. The summed E-state index contributed by atoms with van der Waals surface area (Å²) in [5.41, 5.74) is 5.03. The third kappa shape index (κ3) is 14.6. The van der Waals surface area contributed by atoms with E-state index in [1.807, 2.05) is 31.2 Å². The topological polar surface area (TPSA) is 161 Å². The fraction of sp³-hybridized carbons (Fsp3) is 0.0588. The zero-order valence-electron chi connectivity index (χ0n) is 73.7. The first-order valence-electron chi connectivity index (χ1n) is 44.5. The summed E-state index contributed by atoms with van der Waals surface area (Å²) < 4.78 is 197. The summed E-state index contributed by atoms with van der Waals surface area (Å²) in [6, 6.07) is 104. The molecule has 4 heterocycles. The molecule has 20 aromatic rings. The number of fused-ring (bicyclic) bond motifs is 12. The number of aromatic nitrogens is 3. The molecule has 0 saturated heterocycles. The highest BCUT2D eigenvalue weighted by Crippen LogP contribution is 2.57. The van der Waals surface area contributed by atoms with Gasteiger partial charge in [-0.1, -0.05) is 224 Å². The molecule has 0 radical (unpaired) electrons. The number of hydrogen-bond acceptors (Lipinski definition) is 7. The summed E-state index contributed by atoms with van der Waals surface area (Å²) in [7, 11) is 0. The van der Waals surface area contributed by atoms with Crippen LogP contribution in [-0.2, 0) is 30.1 Å². The fourth-order valence-corrected chi connectivity index (χ4v) is 20.8. The molecule has 141 heavy (non-hydrogen) atoms. The number of anilines is 2. The first-order chi connectivity index (χ1) is 68.0. The van der Waals surface area contributed by atoms with Crippen molar-refractivity contribution in [3.05, 3.63) is 431 Å². The number of hydrogen-bond donors (Lipinski definition) is 0. The fourth-order valence-electron chi connectivity index (χ4n) is 20.8. The van der Waals surface area contributed by atoms with Crippen LogP contribution in [0.25, 0.3) is 177 Å². The number of rotatable bonds is 13. The lowest BCUT2D eigenvalue weighted by molar-refractivity contribution is -0.138. The van der Waals surface area contributed by atoms with E-state index in [1.165, 1.54) is 62.2 Å². The lowest BCUT2D eigenvalue weighted by Crippen LogP contribution is -2.40. The Hall–Kier alpha value is -18.5. The summed E-state index contributed by atoms with van der Waals surface area (Å²) >= 11 is 0. The molecule has 10 nitrogen and oxygen atoms in total. The van der Waals surface area contributed by atoms with Gasteiger partial charge in [0, 0.05) is 49.0 Å². The first-order valence-corrected chi connectivity index (χ1v) is 44.5. The van der Waals surface area contributed by atoms with E-state index < -0.39 is 69.8 Å². The van der Waals surface area contributed by atoms with E-state index in [4.69, 9.17) is 0 Å². The van der Waals surface area contributed by atoms with Gasteiger partial charge in [-0.05, 0) is 247 Å². The minimum Gasteiger partial charge on any atom is -0.332 e. The standard InChI is InChI=1S/C119H64F12N10/c1-115-61-79(89-21-9-5-17-83(89)65-135)38-49-114(115)141(105-25-13-11-23-98(105)115)113-56-73(36-47-102(113)119(129,130)131)70-33-44-99(116(120,121)122)110(53-70)138-103-24-12-10-22-91(103)97-52-74(37-48-104(97)138)96-51-69(26-27-84(96)66-136)68-28-39-90(85(50-68)67-137)78-32-43-95-94-42-31-77(88-20-8-4-16-82(88)64-134)59-108(94)140(109(95)60-78)112-55-72(35-46-101(112)118(126,127)128)71-34-45-100(117(123,124)125)111(54-71)139-106-57-75(86-18-6-2-14-80(86)62-132)29-40-92(106)93-41-30-76(58-107(93)139)87-19-7-3-15-81(87)63-133/h2-61,114H,1H3. The van der Waals surface area contributed by atoms with Gasteiger partial charge in [-0.2, -0.15) is 84.3 Å². The van der Waals surface area contributed by atoms with Gasteiger partial charge in [0.15, 0.2) is 0 Å². The molecular formula is C119H64F12N10. The van der Waals surface area contributed by atoms with E-state index >= 15 is 52.7 Å². The molecule has 0 fully saturated rings. The molecule has 22 rings (SSSR count). The highest BCUT2D eigenvalue weighted by atomic mass is 19.4. The Morgan fingerprint density at radius 3 is 1.00 bits per heavy atom. The summed E-state index contributed by atoms with van der Waals surface area (Å²) in [6.45, 7) is 1.92. The third-order valence-electron chi connectivity index (χ3n) is 27.3. The maximum atomic E-state index is 16.5. The summed E-state index contributed by atoms with van der Waals surface area (Å²) in [5.74, 6) is 0. The predicted octanol–water partition coefficient (Wildman–Crippen LogP) is 32.1. The Bertz CT molecular complexity index is 9030. The van der Waals surface area contributed by atoms with Gasteiger partial charge in [-0.15, -0.1) is 0 Å². The largest absolute Gasteiger partial charge is 0.418 e. The summed E-state index contributed by atoms with van der Waals surface area (Å²) in [4.78, 5) is 1.62. The molecule has 22 heteroatoms. The molecule has 0 N–H and O–H groups in total. The van der Waals surface area contributed by atoms with Gasteiger partial charge in [0.25, 0.3) is 0 Å². The van der Waals surface area contributed by atoms with Crippen LogP contribution in [0.4, 0.5) is 64.1 Å². The zero-order valence-corrected chi connectivity index (χ0v) is 73.7. The summed E-state index contributed by atoms with van der Waals surface area (Å²) in [6.07, 6.45) is -14.5. The minimum absolute atomic E-state index is 0.0601. The van der Waals surface area contributed by atoms with Crippen molar-refractivity contribution in [1.29, 1.82) is 31.6 Å². The van der Waals surface area contributed by atoms with Crippen molar-refractivity contribution in [2.24, 2.45) is 0 Å². The lowest BCUT2D eigenvalue weighted by Gasteiger charge is -2.37. The summed E-state index contributed by atoms with van der Waals surface area (Å²) in [5, 5.41) is 66.3. The van der Waals surface area contributed by atoms with Gasteiger partial charge in [0.05, 0.1) is 154 Å². The van der Waals surface area contributed by atoms with E-state index in [0.717, 1.165) is 24.3 Å². The van der Waals surface area contributed by atoms with Crippen molar-refractivity contribution in [1.82, 2.24) is 13.7 Å². The number of nitriles is 6. The molecule has 2 atom stereocenters. The number of halogens is 12. The highest BCUT2D eigenvalue weighted by molar-refractivity contribution is 6.15. The number of nitrogens with zero attached hydrogens (tertiary/aromatic N) is 10. The molecule has 1 aliphatic carbocycles. The predicted molar refractivity (Wildman–Crippen MR) is 525 cm³/mol. The molecule has 3 aromatic heterocycles. The smallest absolute Gasteiger partial charge is 0.332 e. The Kier molecular flexibility index (Phi) is 20.7. The monoisotopic (exact) mass is 1860 g/mol. The maximum absolute atomic E-state index is 16.5. The van der Waals surface area contributed by atoms with Gasteiger partial charge < -0.3 is 18.6 Å². The average molecular weight is 1860 g/mol. The van der Waals surface area contributed by atoms with Crippen LogP contribution in [0.15, 0.2) is 364 Å². The number of para-hydroxylation sites is 2. The molecule has 0 bridgehead atoms. The van der Waals surface area contributed by atoms with Crippen LogP contribution >= 0.6 is 0 Å². The van der Waals surface area contributed by atoms with E-state index in [2.05, 4.69) is 36.4 Å². The van der Waals surface area contributed by atoms with Gasteiger partial charge in [-0.3, -0.25) is 0 Å². The van der Waals surface area contributed by atoms with Crippen LogP contribution in [-0.4, -0.2) is 19.7 Å². The second kappa shape index (κ2) is 33.2. The SMILES string of the molecule is CC12C=C(c3ccccc3C#N)C=CC1N(c1cc(-c3ccc(C(F)(F)F)c(-n4c5ccccc5c5cc(-c6cc(-c7ccc(-c8ccc9c%10ccc(-c%11ccccc%11C#N)cc%10n(-c%10cc(-c%11ccc(C(F)(F)F)c(-n%12c%13cc(-c%14ccccc%14C#N)ccc%13c%13ccc(-c%14ccccc%14C#N)cc%13%12)c%11)ccc%10C(F)(F)F)c9c8)c(C#N)c7)ccc6C#N)ccc54)c3)ccc1C(F)(F)F)c1ccccc12. The van der Waals surface area contributed by atoms with Gasteiger partial charge in [-0.25, -0.2) is 0 Å². The van der Waals surface area contributed by atoms with Crippen LogP contribution in [0, 0.1) is 68.0 Å². The van der Waals surface area contributed by atoms with Crippen LogP contribution in [0.3, 0.4) is 0 Å². The van der Waals surface area contributed by atoms with E-state index in [-0.39, 0.29) is 72.4 Å². The van der Waals surface area contributed by atoms with Crippen molar-refractivity contribution in [3.8, 4) is 142 Å². The maximum Gasteiger partial charge on any atom is 0.418 e. The van der Waals surface area contributed by atoms with Crippen LogP contribution in [0.1, 0.15) is 73.7 Å². The van der Waals surface area contributed by atoms with Crippen LogP contribution < -0.4 is 4.90 Å². The van der Waals surface area contributed by atoms with Crippen LogP contribution in [0.2, 0.25) is 0 Å². The number of alkyl halides is 12. The van der Waals surface area contributed by atoms with Crippen molar-refractivity contribution in [2.45, 2.75) is 43.1 Å². The average Bonchev–Trinajstić information content (AvgIpc) is 1.56. The normalized spacial score (nSPS) is 14.2. The number of benzene rings is 17. The Morgan fingerprint density at radius 1 is 0.241 bits per heavy atom. The second-order valence-electron chi connectivity index (χ2n) is 35.0. The molecule has 0 spiro atoms. The number of allylic oxidation sites excluding steroid dienone is 2. The van der Waals surface area contributed by atoms with Crippen molar-refractivity contribution in [2.75, 3.05) is 4.90 Å². The molecule has 1 aliphatic heterocycles. The van der Waals surface area contributed by atoms with Crippen molar-refractivity contribution >= 4 is 82.4 Å². The molecule has 0 saturated carbocycles. The van der Waals surface area contributed by atoms with Gasteiger partial charge in [0.2, 0.25) is 0 Å². The Balaban J connectivity index is 0.651. The van der Waals surface area contributed by atoms with Crippen LogP contribution in [0.5, 0.6) is 0 Å². The van der Waals surface area contributed by atoms with E-state index in [1.54, 1.807) is 272 Å². The van der Waals surface area contributed by atoms with Crippen molar-refractivity contribution in [3.63, 3.8) is 0 Å². The Morgan fingerprint density at radius 2 is 0.553 bits per heavy atom. The molecule has 0 amide bonds. The van der Waals surface area contributed by atoms with E-state index in [0.29, 0.717) is 149 Å². The van der Waals surface area contributed by atoms with Crippen molar-refractivity contribution < 1.29 is 52.7 Å². The van der Waals surface area contributed by atoms with Gasteiger partial charge >= 0.3 is 24.7 Å².